The molecule has 4 aromatic carbocycles. The zero-order valence-electron chi connectivity index (χ0n) is 24.5. The number of rotatable bonds is 6. The van der Waals surface area contributed by atoms with Gasteiger partial charge in [-0.1, -0.05) is 47.3 Å². The van der Waals surface area contributed by atoms with Crippen LogP contribution in [0.25, 0.3) is 33.5 Å². The average molecular weight is 956 g/mol. The minimum atomic E-state index is 0. The number of pyridine rings is 1. The van der Waals surface area contributed by atoms with Crippen molar-refractivity contribution in [2.24, 2.45) is 0 Å². The Labute approximate surface area is 299 Å². The van der Waals surface area contributed by atoms with Crippen LogP contribution >= 0.6 is 0 Å². The molecule has 0 atom stereocenters. The van der Waals surface area contributed by atoms with E-state index in [1.54, 1.807) is 23.2 Å². The standard InChI is InChI=1S/C33H21N3O.C6H4N.2Pt/c1-35-19-20-36(24-35)33-23-30(15-16-31(33)26-11-6-3-7-12-26)37-29-14-8-13-28(21-29)32-22-27(17-18-34-32)25-9-4-2-5-10-25;1-2-7-5-3-4-6-7;;/h2-9,11-12,14-20,24H,1H3;3-6H;;/q-6;-1;;+4. The molecule has 0 saturated carbocycles. The fourth-order valence-electron chi connectivity index (χ4n) is 4.51. The maximum Gasteiger partial charge on any atom is 4.00 e. The van der Waals surface area contributed by atoms with Crippen molar-refractivity contribution in [3.8, 4) is 51.1 Å². The second kappa shape index (κ2) is 16.6. The zero-order valence-corrected chi connectivity index (χ0v) is 29.1. The summed E-state index contributed by atoms with van der Waals surface area (Å²) in [7, 11) is 1.99. The first-order valence-electron chi connectivity index (χ1n) is 13.8. The van der Waals surface area contributed by atoms with Gasteiger partial charge >= 0.3 is 21.1 Å². The number of ether oxygens (including phenoxy) is 1. The van der Waals surface area contributed by atoms with Crippen molar-refractivity contribution in [1.82, 2.24) is 14.5 Å². The number of anilines is 1. The molecule has 0 unspecified atom stereocenters. The van der Waals surface area contributed by atoms with Crippen LogP contribution < -0.4 is 9.64 Å². The molecule has 7 rings (SSSR count). The van der Waals surface area contributed by atoms with Gasteiger partial charge in [0.2, 0.25) is 0 Å². The van der Waals surface area contributed by atoms with E-state index < -0.39 is 0 Å². The van der Waals surface area contributed by atoms with Gasteiger partial charge in [0.25, 0.3) is 0 Å². The minimum absolute atomic E-state index is 0. The topological polar surface area (TPSA) is 33.5 Å². The maximum absolute atomic E-state index is 6.57. The van der Waals surface area contributed by atoms with Crippen LogP contribution in [0.15, 0.2) is 128 Å². The van der Waals surface area contributed by atoms with Crippen LogP contribution in [0.4, 0.5) is 5.69 Å². The van der Waals surface area contributed by atoms with Crippen LogP contribution in [-0.2, 0) is 42.1 Å². The third-order valence-corrected chi connectivity index (χ3v) is 6.61. The Balaban J connectivity index is 0.000000475. The molecule has 1 aliphatic rings. The summed E-state index contributed by atoms with van der Waals surface area (Å²) in [5.41, 5.74) is 6.25. The first-order valence-corrected chi connectivity index (χ1v) is 13.8. The SMILES string of the molecule is CN1C=CN(c2[c-]c(Oc3[c-]c(-c4[c-]c(-c5[c-]cccc5)ccn4)[c-]cc3)ccc2-c2ccccc2)[CH-]1.[C-]#Cn1cccc1.[Pt+4].[Pt]. The Morgan fingerprint density at radius 2 is 1.57 bits per heavy atom. The van der Waals surface area contributed by atoms with Crippen LogP contribution in [0.3, 0.4) is 0 Å². The van der Waals surface area contributed by atoms with Gasteiger partial charge in [-0.2, -0.15) is 54.8 Å². The molecule has 0 saturated heterocycles. The summed E-state index contributed by atoms with van der Waals surface area (Å²) < 4.78 is 7.76. The Morgan fingerprint density at radius 1 is 0.783 bits per heavy atom. The van der Waals surface area contributed by atoms with E-state index in [0.717, 1.165) is 27.9 Å². The largest absolute Gasteiger partial charge is 4.00 e. The molecule has 7 heteroatoms. The van der Waals surface area contributed by atoms with Gasteiger partial charge in [-0.3, -0.25) is 12.1 Å². The summed E-state index contributed by atoms with van der Waals surface area (Å²) in [6.45, 7) is 2.00. The zero-order chi connectivity index (χ0) is 30.1. The monoisotopic (exact) mass is 955 g/mol. The van der Waals surface area contributed by atoms with Crippen molar-refractivity contribution in [2.45, 2.75) is 0 Å². The fourth-order valence-corrected chi connectivity index (χ4v) is 4.51. The molecular weight excluding hydrogens is 931 g/mol. The Bertz CT molecular complexity index is 1900. The molecular formula is C39H25N4OPt2-3. The summed E-state index contributed by atoms with van der Waals surface area (Å²) in [5, 5.41) is 0. The molecule has 0 N–H and O–H groups in total. The third-order valence-electron chi connectivity index (χ3n) is 6.61. The number of benzene rings is 4. The number of hydrogen-bond donors (Lipinski definition) is 0. The second-order valence-electron chi connectivity index (χ2n) is 9.69. The summed E-state index contributed by atoms with van der Waals surface area (Å²) >= 11 is 0. The predicted octanol–water partition coefficient (Wildman–Crippen LogP) is 8.10. The molecule has 0 bridgehead atoms. The number of nitrogens with zero attached hydrogens (tertiary/aromatic N) is 4. The first-order chi connectivity index (χ1) is 21.7. The molecule has 0 aliphatic carbocycles. The quantitative estimate of drug-likeness (QED) is 0.125. The third kappa shape index (κ3) is 8.55. The molecule has 3 heterocycles. The second-order valence-corrected chi connectivity index (χ2v) is 9.69. The molecule has 230 valence electrons. The van der Waals surface area contributed by atoms with Crippen LogP contribution in [0.5, 0.6) is 11.5 Å². The van der Waals surface area contributed by atoms with E-state index in [4.69, 9.17) is 11.2 Å². The summed E-state index contributed by atoms with van der Waals surface area (Å²) in [6, 6.07) is 50.0. The molecule has 2 aromatic heterocycles. The van der Waals surface area contributed by atoms with Gasteiger partial charge in [0.05, 0.1) is 0 Å². The van der Waals surface area contributed by atoms with Gasteiger partial charge in [-0.05, 0) is 37.8 Å². The van der Waals surface area contributed by atoms with E-state index in [1.807, 2.05) is 115 Å². The Kier molecular flexibility index (Phi) is 12.4. The van der Waals surface area contributed by atoms with E-state index in [0.29, 0.717) is 22.8 Å². The summed E-state index contributed by atoms with van der Waals surface area (Å²) in [5.74, 6) is 1.14. The van der Waals surface area contributed by atoms with E-state index in [9.17, 15) is 0 Å². The number of aromatic nitrogens is 2. The molecule has 6 aromatic rings. The van der Waals surface area contributed by atoms with Gasteiger partial charge < -0.3 is 42.1 Å². The predicted molar refractivity (Wildman–Crippen MR) is 172 cm³/mol. The molecule has 0 radical (unpaired) electrons. The number of hydrogen-bond acceptors (Lipinski definition) is 4. The summed E-state index contributed by atoms with van der Waals surface area (Å²) in [6.07, 6.45) is 15.8. The van der Waals surface area contributed by atoms with Crippen molar-refractivity contribution < 1.29 is 46.9 Å². The van der Waals surface area contributed by atoms with E-state index in [2.05, 4.69) is 59.6 Å². The smallest absolute Gasteiger partial charge is 0.669 e. The van der Waals surface area contributed by atoms with Gasteiger partial charge in [0.15, 0.2) is 0 Å². The molecule has 0 spiro atoms. The fraction of sp³-hybridized carbons (Fsp3) is 0.0256. The van der Waals surface area contributed by atoms with Crippen LogP contribution in [0.1, 0.15) is 0 Å². The van der Waals surface area contributed by atoms with Crippen molar-refractivity contribution in [3.63, 3.8) is 0 Å². The van der Waals surface area contributed by atoms with Gasteiger partial charge in [-0.15, -0.1) is 23.8 Å². The van der Waals surface area contributed by atoms with Crippen molar-refractivity contribution in [3.05, 3.63) is 171 Å². The van der Waals surface area contributed by atoms with Gasteiger partial charge in [-0.25, -0.2) is 23.2 Å². The van der Waals surface area contributed by atoms with Crippen LogP contribution in [0, 0.1) is 49.5 Å². The Hall–Kier alpha value is -4.61. The van der Waals surface area contributed by atoms with Crippen LogP contribution in [-0.4, -0.2) is 21.5 Å². The molecule has 1 aliphatic heterocycles. The van der Waals surface area contributed by atoms with Gasteiger partial charge in [0.1, 0.15) is 0 Å². The molecule has 0 amide bonds. The van der Waals surface area contributed by atoms with Crippen LogP contribution in [0.2, 0.25) is 0 Å². The molecule has 0 fully saturated rings. The van der Waals surface area contributed by atoms with E-state index in [1.165, 1.54) is 0 Å². The normalized spacial score (nSPS) is 11.4. The Morgan fingerprint density at radius 3 is 2.26 bits per heavy atom. The van der Waals surface area contributed by atoms with Crippen molar-refractivity contribution in [1.29, 1.82) is 0 Å². The van der Waals surface area contributed by atoms with Crippen molar-refractivity contribution in [2.75, 3.05) is 11.9 Å². The average Bonchev–Trinajstić information content (AvgIpc) is 3.78. The minimum Gasteiger partial charge on any atom is -0.669 e. The first kappa shape index (κ1) is 34.3. The van der Waals surface area contributed by atoms with Gasteiger partial charge in [0, 0.05) is 39.2 Å². The molecule has 5 nitrogen and oxygen atoms in total. The maximum atomic E-state index is 6.57. The summed E-state index contributed by atoms with van der Waals surface area (Å²) in [4.78, 5) is 8.51. The van der Waals surface area contributed by atoms with Crippen molar-refractivity contribution >= 4 is 5.69 Å². The van der Waals surface area contributed by atoms with E-state index in [-0.39, 0.29) is 42.1 Å². The van der Waals surface area contributed by atoms with E-state index >= 15 is 0 Å². The molecule has 46 heavy (non-hydrogen) atoms.